The molecule has 9 heteroatoms. The van der Waals surface area contributed by atoms with Gasteiger partial charge in [-0.15, -0.1) is 11.3 Å². The number of nitrogens with one attached hydrogen (secondary N) is 1. The molecule has 0 fully saturated rings. The summed E-state index contributed by atoms with van der Waals surface area (Å²) >= 11 is 1.38. The van der Waals surface area contributed by atoms with Crippen molar-refractivity contribution in [2.45, 2.75) is 11.8 Å². The molecule has 0 saturated heterocycles. The average Bonchev–Trinajstić information content (AvgIpc) is 3.02. The summed E-state index contributed by atoms with van der Waals surface area (Å²) in [5.74, 6) is 0.276. The maximum absolute atomic E-state index is 12.8. The van der Waals surface area contributed by atoms with Crippen LogP contribution in [0.3, 0.4) is 0 Å². The number of anilines is 1. The fourth-order valence-electron chi connectivity index (χ4n) is 2.51. The van der Waals surface area contributed by atoms with Crippen molar-refractivity contribution < 1.29 is 12.8 Å². The molecule has 0 amide bonds. The van der Waals surface area contributed by atoms with Crippen LogP contribution in [0.25, 0.3) is 21.5 Å². The van der Waals surface area contributed by atoms with Crippen molar-refractivity contribution in [3.05, 3.63) is 70.2 Å². The van der Waals surface area contributed by atoms with Gasteiger partial charge in [-0.1, -0.05) is 0 Å². The first-order valence-corrected chi connectivity index (χ1v) is 10.2. The Morgan fingerprint density at radius 3 is 2.78 bits per heavy atom. The van der Waals surface area contributed by atoms with E-state index < -0.39 is 15.6 Å². The molecule has 4 rings (SSSR count). The second-order valence-electron chi connectivity index (χ2n) is 5.73. The number of pyridine rings is 1. The van der Waals surface area contributed by atoms with Gasteiger partial charge in [-0.25, -0.2) is 18.2 Å². The minimum Gasteiger partial charge on any atom is -0.423 e. The largest absolute Gasteiger partial charge is 0.423 e. The highest BCUT2D eigenvalue weighted by Gasteiger charge is 2.19. The lowest BCUT2D eigenvalue weighted by molar-refractivity contribution is 0.560. The molecule has 136 valence electrons. The van der Waals surface area contributed by atoms with Crippen molar-refractivity contribution >= 4 is 38.1 Å². The lowest BCUT2D eigenvalue weighted by Gasteiger charge is -2.07. The molecule has 0 bridgehead atoms. The average molecular weight is 399 g/mol. The summed E-state index contributed by atoms with van der Waals surface area (Å²) in [5, 5.41) is 1.20. The Bertz CT molecular complexity index is 1300. The lowest BCUT2D eigenvalue weighted by Crippen LogP contribution is -2.14. The van der Waals surface area contributed by atoms with Gasteiger partial charge in [0.25, 0.3) is 10.0 Å². The summed E-state index contributed by atoms with van der Waals surface area (Å²) in [6.07, 6.45) is 3.34. The SMILES string of the molecule is Cc1sc(-c2cccnc2)nc1NS(=O)(=O)c1ccc2oc(=O)ccc2c1. The zero-order valence-corrected chi connectivity index (χ0v) is 15.7. The van der Waals surface area contributed by atoms with Crippen molar-refractivity contribution in [1.82, 2.24) is 9.97 Å². The quantitative estimate of drug-likeness (QED) is 0.528. The Morgan fingerprint density at radius 2 is 2.00 bits per heavy atom. The minimum atomic E-state index is -3.85. The summed E-state index contributed by atoms with van der Waals surface area (Å²) < 4.78 is 33.1. The lowest BCUT2D eigenvalue weighted by atomic mass is 10.2. The molecular weight excluding hydrogens is 386 g/mol. The van der Waals surface area contributed by atoms with Gasteiger partial charge >= 0.3 is 5.63 Å². The summed E-state index contributed by atoms with van der Waals surface area (Å²) in [7, 11) is -3.85. The van der Waals surface area contributed by atoms with Gasteiger partial charge in [-0.3, -0.25) is 9.71 Å². The van der Waals surface area contributed by atoms with Crippen LogP contribution in [0.5, 0.6) is 0 Å². The molecule has 3 aromatic heterocycles. The molecule has 7 nitrogen and oxygen atoms in total. The molecule has 27 heavy (non-hydrogen) atoms. The number of sulfonamides is 1. The van der Waals surface area contributed by atoms with Gasteiger partial charge in [0.15, 0.2) is 5.82 Å². The number of benzene rings is 1. The molecule has 0 spiro atoms. The molecule has 1 N–H and O–H groups in total. The van der Waals surface area contributed by atoms with E-state index in [1.807, 2.05) is 6.07 Å². The van der Waals surface area contributed by atoms with E-state index in [1.54, 1.807) is 25.4 Å². The van der Waals surface area contributed by atoms with Gasteiger partial charge in [0.1, 0.15) is 10.6 Å². The van der Waals surface area contributed by atoms with Crippen LogP contribution >= 0.6 is 11.3 Å². The van der Waals surface area contributed by atoms with Gasteiger partial charge < -0.3 is 4.42 Å². The van der Waals surface area contributed by atoms with Crippen molar-refractivity contribution in [3.63, 3.8) is 0 Å². The second-order valence-corrected chi connectivity index (χ2v) is 8.61. The Balaban J connectivity index is 1.69. The molecule has 0 saturated carbocycles. The third-order valence-electron chi connectivity index (χ3n) is 3.84. The molecule has 0 unspecified atom stereocenters. The molecule has 1 aromatic carbocycles. The number of hydrogen-bond donors (Lipinski definition) is 1. The first kappa shape index (κ1) is 17.4. The van der Waals surface area contributed by atoms with Crippen LogP contribution in [0.2, 0.25) is 0 Å². The van der Waals surface area contributed by atoms with E-state index in [9.17, 15) is 13.2 Å². The van der Waals surface area contributed by atoms with E-state index in [2.05, 4.69) is 14.7 Å². The maximum Gasteiger partial charge on any atom is 0.336 e. The first-order chi connectivity index (χ1) is 12.9. The van der Waals surface area contributed by atoms with Gasteiger partial charge in [-0.05, 0) is 43.3 Å². The predicted octanol–water partition coefficient (Wildman–Crippen LogP) is 3.42. The number of nitrogens with zero attached hydrogens (tertiary/aromatic N) is 2. The summed E-state index contributed by atoms with van der Waals surface area (Å²) in [4.78, 5) is 20.5. The smallest absolute Gasteiger partial charge is 0.336 e. The third kappa shape index (κ3) is 3.46. The highest BCUT2D eigenvalue weighted by Crippen LogP contribution is 2.31. The predicted molar refractivity (Wildman–Crippen MR) is 103 cm³/mol. The minimum absolute atomic E-state index is 0.0548. The Kier molecular flexibility index (Phi) is 4.25. The fraction of sp³-hybridized carbons (Fsp3) is 0.0556. The van der Waals surface area contributed by atoms with Crippen LogP contribution in [0.1, 0.15) is 4.88 Å². The maximum atomic E-state index is 12.8. The van der Waals surface area contributed by atoms with Crippen molar-refractivity contribution in [2.24, 2.45) is 0 Å². The molecular formula is C18H13N3O4S2. The molecule has 0 radical (unpaired) electrons. The monoisotopic (exact) mass is 399 g/mol. The van der Waals surface area contributed by atoms with Crippen molar-refractivity contribution in [1.29, 1.82) is 0 Å². The van der Waals surface area contributed by atoms with E-state index in [1.165, 1.54) is 41.7 Å². The Hall–Kier alpha value is -3.04. The van der Waals surface area contributed by atoms with Crippen LogP contribution in [0.4, 0.5) is 5.82 Å². The van der Waals surface area contributed by atoms with Crippen LogP contribution in [0, 0.1) is 6.92 Å². The third-order valence-corrected chi connectivity index (χ3v) is 6.19. The normalized spacial score (nSPS) is 11.6. The van der Waals surface area contributed by atoms with E-state index in [4.69, 9.17) is 4.42 Å². The molecule has 3 heterocycles. The number of aromatic nitrogens is 2. The van der Waals surface area contributed by atoms with Crippen molar-refractivity contribution in [2.75, 3.05) is 4.72 Å². The summed E-state index contributed by atoms with van der Waals surface area (Å²) in [6, 6.07) is 10.7. The zero-order chi connectivity index (χ0) is 19.0. The molecule has 0 aliphatic heterocycles. The summed E-state index contributed by atoms with van der Waals surface area (Å²) in [6.45, 7) is 1.80. The molecule has 4 aromatic rings. The number of aryl methyl sites for hydroxylation is 1. The second kappa shape index (κ2) is 6.60. The first-order valence-electron chi connectivity index (χ1n) is 7.87. The van der Waals surface area contributed by atoms with Gasteiger partial charge in [0.2, 0.25) is 0 Å². The highest BCUT2D eigenvalue weighted by molar-refractivity contribution is 7.92. The number of fused-ring (bicyclic) bond motifs is 1. The van der Waals surface area contributed by atoms with Crippen molar-refractivity contribution in [3.8, 4) is 10.6 Å². The number of thiazole rings is 1. The standard InChI is InChI=1S/C18H13N3O4S2/c1-11-17(20-18(26-11)13-3-2-8-19-10-13)21-27(23,24)14-5-6-15-12(9-14)4-7-16(22)25-15/h2-10,21H,1H3. The zero-order valence-electron chi connectivity index (χ0n) is 14.0. The molecule has 0 aliphatic carbocycles. The van der Waals surface area contributed by atoms with Crippen LogP contribution in [0.15, 0.2) is 69.0 Å². The Labute approximate surface area is 158 Å². The van der Waals surface area contributed by atoms with Gasteiger partial charge in [0, 0.05) is 34.3 Å². The van der Waals surface area contributed by atoms with Crippen LogP contribution in [-0.2, 0) is 10.0 Å². The fourth-order valence-corrected chi connectivity index (χ4v) is 4.53. The number of hydrogen-bond acceptors (Lipinski definition) is 7. The van der Waals surface area contributed by atoms with Gasteiger partial charge in [-0.2, -0.15) is 0 Å². The molecule has 0 atom stereocenters. The van der Waals surface area contributed by atoms with E-state index in [-0.39, 0.29) is 10.7 Å². The molecule has 0 aliphatic rings. The van der Waals surface area contributed by atoms with Gasteiger partial charge in [0.05, 0.1) is 4.90 Å². The number of rotatable bonds is 4. The van der Waals surface area contributed by atoms with Crippen LogP contribution < -0.4 is 10.3 Å². The van der Waals surface area contributed by atoms with E-state index in [0.717, 1.165) is 10.4 Å². The topological polar surface area (TPSA) is 102 Å². The van der Waals surface area contributed by atoms with E-state index in [0.29, 0.717) is 16.0 Å². The Morgan fingerprint density at radius 1 is 1.15 bits per heavy atom. The highest BCUT2D eigenvalue weighted by atomic mass is 32.2. The van der Waals surface area contributed by atoms with E-state index >= 15 is 0 Å². The van der Waals surface area contributed by atoms with Crippen LogP contribution in [-0.4, -0.2) is 18.4 Å². The summed E-state index contributed by atoms with van der Waals surface area (Å²) in [5.41, 5.74) is 0.652.